The molecule has 2 aliphatic rings. The lowest BCUT2D eigenvalue weighted by molar-refractivity contribution is -0.124. The normalized spacial score (nSPS) is 21.6. The predicted octanol–water partition coefficient (Wildman–Crippen LogP) is 1.47. The Labute approximate surface area is 104 Å². The molecule has 1 unspecified atom stereocenters. The molecule has 0 aliphatic carbocycles. The third kappa shape index (κ3) is 1.97. The van der Waals surface area contributed by atoms with Gasteiger partial charge in [-0.2, -0.15) is 0 Å². The fourth-order valence-electron chi connectivity index (χ4n) is 2.22. The molecule has 1 N–H and O–H groups in total. The molecule has 18 heavy (non-hydrogen) atoms. The van der Waals surface area contributed by atoms with Crippen molar-refractivity contribution in [1.29, 1.82) is 0 Å². The fraction of sp³-hybridized carbons (Fsp3) is 0.385. The summed E-state index contributed by atoms with van der Waals surface area (Å²) >= 11 is 0. The second-order valence-corrected chi connectivity index (χ2v) is 4.44. The van der Waals surface area contributed by atoms with E-state index in [0.29, 0.717) is 17.9 Å². The van der Waals surface area contributed by atoms with Crippen molar-refractivity contribution in [3.8, 4) is 0 Å². The molecule has 2 aliphatic heterocycles. The molecule has 5 heteroatoms. The molecule has 0 aromatic heterocycles. The van der Waals surface area contributed by atoms with Gasteiger partial charge in [0.1, 0.15) is 12.7 Å². The Morgan fingerprint density at radius 3 is 3.06 bits per heavy atom. The Morgan fingerprint density at radius 1 is 1.39 bits per heavy atom. The molecule has 5 nitrogen and oxygen atoms in total. The number of carbonyl (C=O) groups excluding carboxylic acids is 2. The van der Waals surface area contributed by atoms with E-state index in [1.807, 2.05) is 0 Å². The summed E-state index contributed by atoms with van der Waals surface area (Å²) in [6, 6.07) is 5.15. The van der Waals surface area contributed by atoms with E-state index in [-0.39, 0.29) is 24.6 Å². The monoisotopic (exact) mass is 247 g/mol. The van der Waals surface area contributed by atoms with E-state index in [0.717, 1.165) is 18.4 Å². The predicted molar refractivity (Wildman–Crippen MR) is 63.2 cm³/mol. The topological polar surface area (TPSA) is 64.6 Å². The number of nitrogens with one attached hydrogen (secondary N) is 1. The zero-order valence-electron chi connectivity index (χ0n) is 9.77. The number of cyclic esters (lactones) is 1. The van der Waals surface area contributed by atoms with E-state index in [9.17, 15) is 9.59 Å². The molecule has 2 heterocycles. The number of hydrogen-bond donors (Lipinski definition) is 1. The lowest BCUT2D eigenvalue weighted by Crippen LogP contribution is -2.26. The molecule has 1 fully saturated rings. The Morgan fingerprint density at radius 2 is 2.28 bits per heavy atom. The highest BCUT2D eigenvalue weighted by Crippen LogP contribution is 2.24. The summed E-state index contributed by atoms with van der Waals surface area (Å²) in [6.07, 6.45) is 1.33. The maximum absolute atomic E-state index is 11.8. The number of rotatable bonds is 2. The number of esters is 1. The van der Waals surface area contributed by atoms with Crippen LogP contribution in [0.3, 0.4) is 0 Å². The number of hydrogen-bond acceptors (Lipinski definition) is 4. The lowest BCUT2D eigenvalue weighted by Gasteiger charge is -2.10. The quantitative estimate of drug-likeness (QED) is 0.804. The highest BCUT2D eigenvalue weighted by Gasteiger charge is 2.25. The van der Waals surface area contributed by atoms with Gasteiger partial charge in [-0.15, -0.1) is 0 Å². The molecule has 0 saturated carbocycles. The first kappa shape index (κ1) is 11.2. The Hall–Kier alpha value is -1.88. The first-order chi connectivity index (χ1) is 8.74. The average molecular weight is 247 g/mol. The molecule has 0 spiro atoms. The third-order valence-electron chi connectivity index (χ3n) is 3.17. The van der Waals surface area contributed by atoms with Crippen molar-refractivity contribution in [2.45, 2.75) is 25.6 Å². The van der Waals surface area contributed by atoms with Crippen LogP contribution in [0.15, 0.2) is 18.2 Å². The Bertz CT molecular complexity index is 506. The van der Waals surface area contributed by atoms with Crippen molar-refractivity contribution in [2.75, 3.05) is 11.9 Å². The molecule has 1 atom stereocenters. The van der Waals surface area contributed by atoms with Crippen molar-refractivity contribution in [3.63, 3.8) is 0 Å². The first-order valence-electron chi connectivity index (χ1n) is 5.96. The number of amides is 1. The summed E-state index contributed by atoms with van der Waals surface area (Å²) in [5.74, 6) is -0.431. The van der Waals surface area contributed by atoms with Crippen molar-refractivity contribution in [3.05, 3.63) is 29.3 Å². The molecule has 0 bridgehead atoms. The minimum Gasteiger partial charge on any atom is -0.457 e. The summed E-state index contributed by atoms with van der Waals surface area (Å²) in [5, 5.41) is 2.80. The summed E-state index contributed by atoms with van der Waals surface area (Å²) in [4.78, 5) is 23.1. The number of ether oxygens (including phenoxy) is 2. The highest BCUT2D eigenvalue weighted by atomic mass is 16.5. The third-order valence-corrected chi connectivity index (χ3v) is 3.17. The summed E-state index contributed by atoms with van der Waals surface area (Å²) in [5.41, 5.74) is 2.06. The zero-order valence-corrected chi connectivity index (χ0v) is 9.77. The second-order valence-electron chi connectivity index (χ2n) is 4.44. The van der Waals surface area contributed by atoms with Crippen LogP contribution in [-0.4, -0.2) is 24.6 Å². The highest BCUT2D eigenvalue weighted by molar-refractivity contribution is 5.97. The van der Waals surface area contributed by atoms with Gasteiger partial charge in [-0.3, -0.25) is 4.79 Å². The standard InChI is InChI=1S/C13H13NO4/c15-12(11-2-1-5-17-11)14-9-3-4-10-8(6-9)7-18-13(10)16/h3-4,6,11H,1-2,5,7H2,(H,14,15). The van der Waals surface area contributed by atoms with Gasteiger partial charge >= 0.3 is 5.97 Å². The molecule has 1 aromatic rings. The van der Waals surface area contributed by atoms with Crippen LogP contribution >= 0.6 is 0 Å². The number of anilines is 1. The van der Waals surface area contributed by atoms with Crippen molar-refractivity contribution in [1.82, 2.24) is 0 Å². The minimum absolute atomic E-state index is 0.127. The van der Waals surface area contributed by atoms with Crippen LogP contribution in [0.5, 0.6) is 0 Å². The van der Waals surface area contributed by atoms with Crippen LogP contribution in [0.25, 0.3) is 0 Å². The van der Waals surface area contributed by atoms with E-state index in [4.69, 9.17) is 9.47 Å². The van der Waals surface area contributed by atoms with Crippen LogP contribution in [-0.2, 0) is 20.9 Å². The van der Waals surface area contributed by atoms with Crippen LogP contribution in [0.2, 0.25) is 0 Å². The number of carbonyl (C=O) groups is 2. The van der Waals surface area contributed by atoms with Crippen LogP contribution in [0.4, 0.5) is 5.69 Å². The summed E-state index contributed by atoms with van der Waals surface area (Å²) in [6.45, 7) is 0.919. The van der Waals surface area contributed by atoms with E-state index < -0.39 is 0 Å². The lowest BCUT2D eigenvalue weighted by atomic mass is 10.1. The number of fused-ring (bicyclic) bond motifs is 1. The van der Waals surface area contributed by atoms with E-state index in [1.54, 1.807) is 18.2 Å². The Kier molecular flexibility index (Phi) is 2.76. The number of benzene rings is 1. The van der Waals surface area contributed by atoms with Gasteiger partial charge in [-0.1, -0.05) is 0 Å². The van der Waals surface area contributed by atoms with Gasteiger partial charge in [0.25, 0.3) is 5.91 Å². The van der Waals surface area contributed by atoms with Crippen LogP contribution in [0, 0.1) is 0 Å². The maximum atomic E-state index is 11.8. The van der Waals surface area contributed by atoms with Gasteiger partial charge in [0, 0.05) is 17.9 Å². The zero-order chi connectivity index (χ0) is 12.5. The SMILES string of the molecule is O=C1OCc2cc(NC(=O)C3CCCO3)ccc21. The van der Waals surface area contributed by atoms with Crippen molar-refractivity contribution in [2.24, 2.45) is 0 Å². The summed E-state index contributed by atoms with van der Waals surface area (Å²) in [7, 11) is 0. The molecular weight excluding hydrogens is 234 g/mol. The largest absolute Gasteiger partial charge is 0.457 e. The minimum atomic E-state index is -0.351. The van der Waals surface area contributed by atoms with E-state index in [1.165, 1.54) is 0 Å². The first-order valence-corrected chi connectivity index (χ1v) is 5.96. The van der Waals surface area contributed by atoms with Crippen molar-refractivity contribution < 1.29 is 19.1 Å². The Balaban J connectivity index is 1.73. The molecule has 3 rings (SSSR count). The van der Waals surface area contributed by atoms with Gasteiger partial charge in [-0.05, 0) is 31.0 Å². The van der Waals surface area contributed by atoms with Gasteiger partial charge < -0.3 is 14.8 Å². The van der Waals surface area contributed by atoms with E-state index >= 15 is 0 Å². The fourth-order valence-corrected chi connectivity index (χ4v) is 2.22. The van der Waals surface area contributed by atoms with Gasteiger partial charge in [0.05, 0.1) is 5.56 Å². The molecule has 94 valence electrons. The van der Waals surface area contributed by atoms with E-state index in [2.05, 4.69) is 5.32 Å². The molecular formula is C13H13NO4. The summed E-state index contributed by atoms with van der Waals surface area (Å²) < 4.78 is 10.2. The van der Waals surface area contributed by atoms with Gasteiger partial charge in [0.2, 0.25) is 0 Å². The van der Waals surface area contributed by atoms with Crippen LogP contribution in [0.1, 0.15) is 28.8 Å². The average Bonchev–Trinajstić information content (AvgIpc) is 2.99. The molecule has 1 saturated heterocycles. The maximum Gasteiger partial charge on any atom is 0.338 e. The molecule has 1 amide bonds. The van der Waals surface area contributed by atoms with Crippen LogP contribution < -0.4 is 5.32 Å². The van der Waals surface area contributed by atoms with Gasteiger partial charge in [0.15, 0.2) is 0 Å². The molecule has 1 aromatic carbocycles. The van der Waals surface area contributed by atoms with Crippen molar-refractivity contribution >= 4 is 17.6 Å². The smallest absolute Gasteiger partial charge is 0.338 e. The van der Waals surface area contributed by atoms with Gasteiger partial charge in [-0.25, -0.2) is 4.79 Å². The molecule has 0 radical (unpaired) electrons. The second kappa shape index (κ2) is 4.42.